The highest BCUT2D eigenvalue weighted by molar-refractivity contribution is 9.10. The molecule has 1 aromatic heterocycles. The fourth-order valence-electron chi connectivity index (χ4n) is 1.34. The Balaban J connectivity index is 2.16. The second-order valence-corrected chi connectivity index (χ2v) is 5.40. The molecule has 2 rings (SSSR count). The van der Waals surface area contributed by atoms with Gasteiger partial charge in [-0.1, -0.05) is 41.0 Å². The highest BCUT2D eigenvalue weighted by Crippen LogP contribution is 2.22. The van der Waals surface area contributed by atoms with Gasteiger partial charge in [0.25, 0.3) is 0 Å². The molecule has 15 heavy (non-hydrogen) atoms. The summed E-state index contributed by atoms with van der Waals surface area (Å²) in [6.45, 7) is 2.20. The van der Waals surface area contributed by atoms with Gasteiger partial charge in [-0.05, 0) is 24.6 Å². The number of thioether (sulfide) groups is 1. The zero-order valence-electron chi connectivity index (χ0n) is 8.59. The Kier molecular flexibility index (Phi) is 3.70. The van der Waals surface area contributed by atoms with E-state index in [4.69, 9.17) is 0 Å². The van der Waals surface area contributed by atoms with Crippen LogP contribution in [0.5, 0.6) is 0 Å². The van der Waals surface area contributed by atoms with Gasteiger partial charge in [0.2, 0.25) is 0 Å². The van der Waals surface area contributed by atoms with Crippen molar-refractivity contribution in [2.45, 2.75) is 24.9 Å². The number of hydrogen-bond acceptors (Lipinski definition) is 2. The molecule has 0 spiro atoms. The summed E-state index contributed by atoms with van der Waals surface area (Å²) in [5.41, 5.74) is 2.14. The third kappa shape index (κ3) is 2.75. The van der Waals surface area contributed by atoms with Crippen LogP contribution >= 0.6 is 27.7 Å². The second kappa shape index (κ2) is 5.03. The lowest BCUT2D eigenvalue weighted by atomic mass is 10.3. The molecular weight excluding hydrogens is 272 g/mol. The zero-order chi connectivity index (χ0) is 10.7. The van der Waals surface area contributed by atoms with Crippen LogP contribution in [0.15, 0.2) is 27.8 Å². The largest absolute Gasteiger partial charge is 0.333 e. The van der Waals surface area contributed by atoms with Gasteiger partial charge in [-0.2, -0.15) is 0 Å². The highest BCUT2D eigenvalue weighted by atomic mass is 79.9. The predicted octanol–water partition coefficient (Wildman–Crippen LogP) is 4.22. The molecule has 0 aliphatic heterocycles. The Hall–Kier alpha value is -0.480. The average molecular weight is 285 g/mol. The van der Waals surface area contributed by atoms with Crippen LogP contribution in [0, 0.1) is 0 Å². The number of hydrogen-bond donors (Lipinski definition) is 1. The van der Waals surface area contributed by atoms with Crippen molar-refractivity contribution in [3.05, 3.63) is 22.7 Å². The lowest BCUT2D eigenvalue weighted by molar-refractivity contribution is 0.893. The number of rotatable bonds is 4. The molecule has 4 heteroatoms. The molecule has 0 unspecified atom stereocenters. The predicted molar refractivity (Wildman–Crippen MR) is 69.4 cm³/mol. The first-order valence-corrected chi connectivity index (χ1v) is 6.85. The number of halogens is 1. The minimum Gasteiger partial charge on any atom is -0.333 e. The van der Waals surface area contributed by atoms with Crippen molar-refractivity contribution in [3.63, 3.8) is 0 Å². The van der Waals surface area contributed by atoms with Gasteiger partial charge in [-0.15, -0.1) is 0 Å². The molecule has 1 N–H and O–H groups in total. The number of H-pyrrole nitrogens is 1. The molecule has 0 fully saturated rings. The van der Waals surface area contributed by atoms with E-state index in [1.165, 1.54) is 12.8 Å². The molecule has 0 amide bonds. The van der Waals surface area contributed by atoms with Crippen LogP contribution < -0.4 is 0 Å². The zero-order valence-corrected chi connectivity index (χ0v) is 11.0. The molecular formula is C11H13BrN2S. The first-order valence-electron chi connectivity index (χ1n) is 5.07. The van der Waals surface area contributed by atoms with E-state index in [0.29, 0.717) is 0 Å². The monoisotopic (exact) mass is 284 g/mol. The van der Waals surface area contributed by atoms with Gasteiger partial charge in [-0.25, -0.2) is 4.98 Å². The molecule has 0 radical (unpaired) electrons. The number of nitrogens with zero attached hydrogens (tertiary/aromatic N) is 1. The summed E-state index contributed by atoms with van der Waals surface area (Å²) in [5.74, 6) is 1.14. The number of benzene rings is 1. The van der Waals surface area contributed by atoms with Crippen molar-refractivity contribution in [1.82, 2.24) is 9.97 Å². The van der Waals surface area contributed by atoms with Crippen LogP contribution in [0.1, 0.15) is 19.8 Å². The number of fused-ring (bicyclic) bond motifs is 1. The van der Waals surface area contributed by atoms with E-state index in [1.807, 2.05) is 12.1 Å². The smallest absolute Gasteiger partial charge is 0.166 e. The lowest BCUT2D eigenvalue weighted by Gasteiger charge is -1.93. The first-order chi connectivity index (χ1) is 7.29. The van der Waals surface area contributed by atoms with Crippen LogP contribution in [0.2, 0.25) is 0 Å². The fraction of sp³-hybridized carbons (Fsp3) is 0.364. The minimum absolute atomic E-state index is 1.02. The van der Waals surface area contributed by atoms with E-state index < -0.39 is 0 Å². The summed E-state index contributed by atoms with van der Waals surface area (Å²) in [6, 6.07) is 6.11. The van der Waals surface area contributed by atoms with Gasteiger partial charge in [0.1, 0.15) is 0 Å². The van der Waals surface area contributed by atoms with E-state index in [1.54, 1.807) is 11.8 Å². The molecule has 2 aromatic rings. The molecule has 1 heterocycles. The van der Waals surface area contributed by atoms with Gasteiger partial charge in [0, 0.05) is 10.2 Å². The number of nitrogens with one attached hydrogen (secondary N) is 1. The standard InChI is InChI=1S/C11H13BrN2S/c1-2-3-6-15-11-13-9-5-4-8(12)7-10(9)14-11/h4-5,7H,2-3,6H2,1H3,(H,13,14). The molecule has 0 saturated heterocycles. The van der Waals surface area contributed by atoms with E-state index in [-0.39, 0.29) is 0 Å². The van der Waals surface area contributed by atoms with Gasteiger partial charge in [-0.3, -0.25) is 0 Å². The van der Waals surface area contributed by atoms with E-state index >= 15 is 0 Å². The van der Waals surface area contributed by atoms with Gasteiger partial charge < -0.3 is 4.98 Å². The highest BCUT2D eigenvalue weighted by Gasteiger charge is 2.02. The van der Waals surface area contributed by atoms with E-state index in [0.717, 1.165) is 26.4 Å². The Morgan fingerprint density at radius 3 is 3.13 bits per heavy atom. The minimum atomic E-state index is 1.02. The summed E-state index contributed by atoms with van der Waals surface area (Å²) >= 11 is 5.25. The summed E-state index contributed by atoms with van der Waals surface area (Å²) in [4.78, 5) is 7.83. The second-order valence-electron chi connectivity index (χ2n) is 3.41. The van der Waals surface area contributed by atoms with Crippen molar-refractivity contribution >= 4 is 38.7 Å². The van der Waals surface area contributed by atoms with Gasteiger partial charge in [0.15, 0.2) is 5.16 Å². The normalized spacial score (nSPS) is 11.1. The Bertz CT molecular complexity index is 453. The van der Waals surface area contributed by atoms with Crippen molar-refractivity contribution in [1.29, 1.82) is 0 Å². The van der Waals surface area contributed by atoms with Crippen molar-refractivity contribution in [2.75, 3.05) is 5.75 Å². The Labute approximate surface area is 102 Å². The third-order valence-corrected chi connectivity index (χ3v) is 3.61. The topological polar surface area (TPSA) is 28.7 Å². The van der Waals surface area contributed by atoms with Crippen LogP contribution in [0.4, 0.5) is 0 Å². The van der Waals surface area contributed by atoms with Crippen LogP contribution in [0.3, 0.4) is 0 Å². The summed E-state index contributed by atoms with van der Waals surface area (Å²) < 4.78 is 1.09. The SMILES string of the molecule is CCCCSc1nc2ccc(Br)cc2[nH]1. The summed E-state index contributed by atoms with van der Waals surface area (Å²) in [7, 11) is 0. The lowest BCUT2D eigenvalue weighted by Crippen LogP contribution is -1.79. The maximum atomic E-state index is 4.51. The van der Waals surface area contributed by atoms with Gasteiger partial charge >= 0.3 is 0 Å². The van der Waals surface area contributed by atoms with E-state index in [9.17, 15) is 0 Å². The molecule has 80 valence electrons. The van der Waals surface area contributed by atoms with Crippen molar-refractivity contribution in [3.8, 4) is 0 Å². The number of aromatic amines is 1. The van der Waals surface area contributed by atoms with Crippen LogP contribution in [-0.2, 0) is 0 Å². The van der Waals surface area contributed by atoms with E-state index in [2.05, 4.69) is 38.9 Å². The Morgan fingerprint density at radius 2 is 2.33 bits per heavy atom. The number of unbranched alkanes of at least 4 members (excludes halogenated alkanes) is 1. The third-order valence-electron chi connectivity index (χ3n) is 2.16. The van der Waals surface area contributed by atoms with Crippen molar-refractivity contribution < 1.29 is 0 Å². The molecule has 2 nitrogen and oxygen atoms in total. The molecule has 0 bridgehead atoms. The van der Waals surface area contributed by atoms with Crippen molar-refractivity contribution in [2.24, 2.45) is 0 Å². The maximum absolute atomic E-state index is 4.51. The Morgan fingerprint density at radius 1 is 1.47 bits per heavy atom. The number of aromatic nitrogens is 2. The summed E-state index contributed by atoms with van der Waals surface area (Å²) in [6.07, 6.45) is 2.48. The van der Waals surface area contributed by atoms with Gasteiger partial charge in [0.05, 0.1) is 11.0 Å². The first kappa shape index (κ1) is 11.0. The van der Waals surface area contributed by atoms with Crippen LogP contribution in [0.25, 0.3) is 11.0 Å². The molecule has 0 atom stereocenters. The maximum Gasteiger partial charge on any atom is 0.166 e. The number of imidazole rings is 1. The fourth-order valence-corrected chi connectivity index (χ4v) is 2.67. The molecule has 0 saturated carbocycles. The molecule has 0 aliphatic rings. The molecule has 1 aromatic carbocycles. The average Bonchev–Trinajstić information content (AvgIpc) is 2.60. The summed E-state index contributed by atoms with van der Waals surface area (Å²) in [5, 5.41) is 1.02. The quantitative estimate of drug-likeness (QED) is 0.673. The van der Waals surface area contributed by atoms with Crippen LogP contribution in [-0.4, -0.2) is 15.7 Å². The molecule has 0 aliphatic carbocycles.